The van der Waals surface area contributed by atoms with Gasteiger partial charge in [0.05, 0.1) is 43.9 Å². The maximum Gasteiger partial charge on any atom is 0.307 e. The Bertz CT molecular complexity index is 1000. The molecule has 0 aromatic carbocycles. The van der Waals surface area contributed by atoms with E-state index in [-0.39, 0.29) is 78.2 Å². The average Bonchev–Trinajstić information content (AvgIpc) is 3.08. The van der Waals surface area contributed by atoms with Crippen LogP contribution in [0, 0.1) is 42.4 Å². The van der Waals surface area contributed by atoms with Crippen molar-refractivity contribution in [1.82, 2.24) is 0 Å². The van der Waals surface area contributed by atoms with Crippen molar-refractivity contribution in [3.8, 4) is 37.0 Å². The normalized spacial score (nSPS) is 10.4. The van der Waals surface area contributed by atoms with Crippen molar-refractivity contribution in [2.24, 2.45) is 5.41 Å². The minimum absolute atomic E-state index is 0.0738. The van der Waals surface area contributed by atoms with Crippen molar-refractivity contribution in [1.29, 1.82) is 0 Å². The highest BCUT2D eigenvalue weighted by Crippen LogP contribution is 2.25. The summed E-state index contributed by atoms with van der Waals surface area (Å²) in [4.78, 5) is 72.0. The van der Waals surface area contributed by atoms with Gasteiger partial charge in [-0.1, -0.05) is 24.7 Å². The van der Waals surface area contributed by atoms with Gasteiger partial charge in [0.25, 0.3) is 0 Å². The first-order valence-electron chi connectivity index (χ1n) is 15.1. The fourth-order valence-electron chi connectivity index (χ4n) is 3.17. The molecule has 0 atom stereocenters. The molecule has 0 aliphatic heterocycles. The monoisotopic (exact) mass is 728 g/mol. The zero-order valence-corrected chi connectivity index (χ0v) is 29.7. The zero-order chi connectivity index (χ0) is 35.9. The molecule has 0 saturated carbocycles. The van der Waals surface area contributed by atoms with Crippen LogP contribution in [0.15, 0.2) is 0 Å². The molecule has 0 spiro atoms. The molecule has 0 N–H and O–H groups in total. The molecule has 12 nitrogen and oxygen atoms in total. The van der Waals surface area contributed by atoms with Gasteiger partial charge in [0, 0.05) is 34.5 Å². The summed E-state index contributed by atoms with van der Waals surface area (Å²) in [5, 5.41) is 0. The van der Waals surface area contributed by atoms with Gasteiger partial charge < -0.3 is 28.4 Å². The van der Waals surface area contributed by atoms with Crippen molar-refractivity contribution in [3.63, 3.8) is 0 Å². The molecule has 266 valence electrons. The van der Waals surface area contributed by atoms with E-state index in [0.29, 0.717) is 40.9 Å². The SMILES string of the molecule is C#CCOC(=O)CCSCCC(=O)OCC(CC)(COC(=O)CCSCCC(=O)OCC#C)COC(=O)CCSCCC(=O)OCC#C. The highest BCUT2D eigenvalue weighted by atomic mass is 32.2. The summed E-state index contributed by atoms with van der Waals surface area (Å²) in [6, 6.07) is 0. The topological polar surface area (TPSA) is 158 Å². The van der Waals surface area contributed by atoms with Gasteiger partial charge in [-0.25, -0.2) is 0 Å². The van der Waals surface area contributed by atoms with E-state index in [1.807, 2.05) is 0 Å². The number of ether oxygens (including phenoxy) is 6. The van der Waals surface area contributed by atoms with Crippen molar-refractivity contribution in [2.45, 2.75) is 51.9 Å². The molecule has 48 heavy (non-hydrogen) atoms. The Morgan fingerprint density at radius 2 is 0.688 bits per heavy atom. The Morgan fingerprint density at radius 1 is 0.458 bits per heavy atom. The molecular formula is C33H44O12S3. The van der Waals surface area contributed by atoms with Gasteiger partial charge in [-0.05, 0) is 6.42 Å². The molecule has 0 aromatic heterocycles. The molecule has 0 rings (SSSR count). The Labute approximate surface area is 295 Å². The lowest BCUT2D eigenvalue weighted by Crippen LogP contribution is -2.39. The first kappa shape index (κ1) is 44.5. The summed E-state index contributed by atoms with van der Waals surface area (Å²) < 4.78 is 30.9. The number of carbonyl (C=O) groups excluding carboxylic acids is 6. The van der Waals surface area contributed by atoms with Crippen molar-refractivity contribution in [2.75, 3.05) is 74.2 Å². The quantitative estimate of drug-likeness (QED) is 0.0501. The number of thioether (sulfide) groups is 3. The van der Waals surface area contributed by atoms with Crippen LogP contribution in [0.1, 0.15) is 51.9 Å². The van der Waals surface area contributed by atoms with Gasteiger partial charge in [-0.2, -0.15) is 35.3 Å². The molecule has 0 fully saturated rings. The highest BCUT2D eigenvalue weighted by Gasteiger charge is 2.34. The number of rotatable bonds is 28. The largest absolute Gasteiger partial charge is 0.465 e. The number of carbonyl (C=O) groups is 6. The Kier molecular flexibility index (Phi) is 27.5. The first-order chi connectivity index (χ1) is 23.1. The van der Waals surface area contributed by atoms with E-state index in [2.05, 4.69) is 17.8 Å². The summed E-state index contributed by atoms with van der Waals surface area (Å²) in [5.41, 5.74) is -0.989. The van der Waals surface area contributed by atoms with Gasteiger partial charge in [-0.15, -0.1) is 19.3 Å². The molecule has 0 saturated heterocycles. The fourth-order valence-corrected chi connectivity index (χ4v) is 5.65. The smallest absolute Gasteiger partial charge is 0.307 e. The third-order valence-corrected chi connectivity index (χ3v) is 8.98. The molecule has 0 aliphatic rings. The molecule has 0 aliphatic carbocycles. The lowest BCUT2D eigenvalue weighted by atomic mass is 9.88. The van der Waals surface area contributed by atoms with Crippen LogP contribution in [0.4, 0.5) is 0 Å². The summed E-state index contributed by atoms with van der Waals surface area (Å²) in [7, 11) is 0. The Balaban J connectivity index is 4.87. The first-order valence-corrected chi connectivity index (χ1v) is 18.5. The molecule has 0 unspecified atom stereocenters. The van der Waals surface area contributed by atoms with Crippen LogP contribution in [-0.4, -0.2) is 110 Å². The standard InChI is InChI=1S/C33H44O12S3/c1-5-15-40-27(34)9-18-46-21-12-30(37)43-24-33(8-4,25-44-31(38)13-22-47-19-10-28(35)41-16-6-2)26-45-32(39)14-23-48-20-11-29(36)42-17-7-3/h1-3H,8-26H2,4H3. The van der Waals surface area contributed by atoms with E-state index >= 15 is 0 Å². The van der Waals surface area contributed by atoms with E-state index < -0.39 is 41.2 Å². The summed E-state index contributed by atoms with van der Waals surface area (Å²) in [6.45, 7) is 1.07. The van der Waals surface area contributed by atoms with Gasteiger partial charge in [0.15, 0.2) is 19.8 Å². The molecule has 0 amide bonds. The van der Waals surface area contributed by atoms with E-state index in [9.17, 15) is 28.8 Å². The van der Waals surface area contributed by atoms with E-state index in [1.165, 1.54) is 35.3 Å². The van der Waals surface area contributed by atoms with Crippen LogP contribution < -0.4 is 0 Å². The van der Waals surface area contributed by atoms with Crippen molar-refractivity contribution >= 4 is 71.1 Å². The third kappa shape index (κ3) is 25.6. The summed E-state index contributed by atoms with van der Waals surface area (Å²) >= 11 is 4.14. The molecule has 0 heterocycles. The van der Waals surface area contributed by atoms with Crippen LogP contribution in [0.5, 0.6) is 0 Å². The average molecular weight is 729 g/mol. The molecule has 0 bridgehead atoms. The van der Waals surface area contributed by atoms with Gasteiger partial charge in [0.1, 0.15) is 19.8 Å². The minimum atomic E-state index is -0.989. The Hall–Kier alpha value is -3.45. The molecular weight excluding hydrogens is 685 g/mol. The number of terminal acetylenes is 3. The van der Waals surface area contributed by atoms with Gasteiger partial charge in [-0.3, -0.25) is 28.8 Å². The predicted octanol–water partition coefficient (Wildman–Crippen LogP) is 3.08. The van der Waals surface area contributed by atoms with E-state index in [4.69, 9.17) is 47.7 Å². The van der Waals surface area contributed by atoms with Gasteiger partial charge >= 0.3 is 35.8 Å². The van der Waals surface area contributed by atoms with Gasteiger partial charge in [0.2, 0.25) is 0 Å². The van der Waals surface area contributed by atoms with Crippen LogP contribution in [0.2, 0.25) is 0 Å². The lowest BCUT2D eigenvalue weighted by Gasteiger charge is -2.31. The molecule has 0 radical (unpaired) electrons. The summed E-state index contributed by atoms with van der Waals surface area (Å²) in [6.07, 6.45) is 16.2. The second-order valence-corrected chi connectivity index (χ2v) is 13.4. The summed E-state index contributed by atoms with van der Waals surface area (Å²) in [5.74, 6) is 6.46. The van der Waals surface area contributed by atoms with Crippen molar-refractivity contribution < 1.29 is 57.2 Å². The number of esters is 6. The van der Waals surface area contributed by atoms with E-state index in [1.54, 1.807) is 6.92 Å². The molecule has 15 heteroatoms. The van der Waals surface area contributed by atoms with Crippen LogP contribution >= 0.6 is 35.3 Å². The maximum absolute atomic E-state index is 12.5. The van der Waals surface area contributed by atoms with Crippen LogP contribution in [-0.2, 0) is 57.2 Å². The van der Waals surface area contributed by atoms with E-state index in [0.717, 1.165) is 0 Å². The second-order valence-electron chi connectivity index (χ2n) is 9.77. The maximum atomic E-state index is 12.5. The minimum Gasteiger partial charge on any atom is -0.465 e. The fraction of sp³-hybridized carbons (Fsp3) is 0.636. The second kappa shape index (κ2) is 29.7. The van der Waals surface area contributed by atoms with Crippen molar-refractivity contribution in [3.05, 3.63) is 0 Å². The number of hydrogen-bond acceptors (Lipinski definition) is 15. The van der Waals surface area contributed by atoms with Crippen LogP contribution in [0.25, 0.3) is 0 Å². The zero-order valence-electron chi connectivity index (χ0n) is 27.3. The number of hydrogen-bond donors (Lipinski definition) is 0. The third-order valence-electron chi connectivity index (χ3n) is 6.02. The highest BCUT2D eigenvalue weighted by molar-refractivity contribution is 7.99. The Morgan fingerprint density at radius 3 is 0.896 bits per heavy atom. The molecule has 0 aromatic rings. The predicted molar refractivity (Wildman–Crippen MR) is 185 cm³/mol. The van der Waals surface area contributed by atoms with Crippen LogP contribution in [0.3, 0.4) is 0 Å². The lowest BCUT2D eigenvalue weighted by molar-refractivity contribution is -0.162.